The molecule has 2 aromatic carbocycles. The first-order valence-electron chi connectivity index (χ1n) is 13.9. The molecule has 40 heavy (non-hydrogen) atoms. The third-order valence-electron chi connectivity index (χ3n) is 7.08. The summed E-state index contributed by atoms with van der Waals surface area (Å²) in [5, 5.41) is 4.31. The number of rotatable bonds is 7. The lowest BCUT2D eigenvalue weighted by Crippen LogP contribution is -2.50. The van der Waals surface area contributed by atoms with Gasteiger partial charge in [-0.3, -0.25) is 9.69 Å². The van der Waals surface area contributed by atoms with Gasteiger partial charge >= 0.3 is 6.09 Å². The van der Waals surface area contributed by atoms with Crippen LogP contribution in [-0.2, 0) is 9.53 Å². The number of carbonyl (C=O) groups excluding carboxylic acids is 2. The third kappa shape index (κ3) is 6.62. The second-order valence-electron chi connectivity index (χ2n) is 11.2. The molecule has 2 amide bonds. The molecule has 5 rings (SSSR count). The number of piperazine rings is 1. The van der Waals surface area contributed by atoms with E-state index in [9.17, 15) is 9.59 Å². The molecular weight excluding hydrogens is 510 g/mol. The van der Waals surface area contributed by atoms with Crippen LogP contribution in [0.5, 0.6) is 5.75 Å². The number of ether oxygens (including phenoxy) is 2. The Bertz CT molecular complexity index is 1400. The highest BCUT2D eigenvalue weighted by Crippen LogP contribution is 2.29. The summed E-state index contributed by atoms with van der Waals surface area (Å²) in [5.41, 5.74) is 6.15. The van der Waals surface area contributed by atoms with E-state index in [0.717, 1.165) is 54.2 Å². The Morgan fingerprint density at radius 1 is 1.10 bits per heavy atom. The van der Waals surface area contributed by atoms with Crippen LogP contribution in [0.2, 0.25) is 0 Å². The van der Waals surface area contributed by atoms with Crippen LogP contribution >= 0.6 is 0 Å². The monoisotopic (exact) mass is 547 g/mol. The smallest absolute Gasteiger partial charge is 0.410 e. The Hall–Kier alpha value is -3.92. The normalized spacial score (nSPS) is 18.4. The van der Waals surface area contributed by atoms with Gasteiger partial charge in [0.05, 0.1) is 5.71 Å². The van der Waals surface area contributed by atoms with Crippen LogP contribution in [0.15, 0.2) is 52.0 Å². The minimum absolute atomic E-state index is 0.0542. The van der Waals surface area contributed by atoms with Gasteiger partial charge in [0.1, 0.15) is 23.5 Å². The van der Waals surface area contributed by atoms with Crippen molar-refractivity contribution in [2.24, 2.45) is 11.0 Å². The first-order valence-corrected chi connectivity index (χ1v) is 13.9. The first-order chi connectivity index (χ1) is 19.2. The van der Waals surface area contributed by atoms with E-state index in [2.05, 4.69) is 27.3 Å². The van der Waals surface area contributed by atoms with E-state index in [1.54, 1.807) is 4.90 Å². The van der Waals surface area contributed by atoms with Crippen molar-refractivity contribution < 1.29 is 23.5 Å². The molecule has 0 bridgehead atoms. The molecule has 0 saturated carbocycles. The summed E-state index contributed by atoms with van der Waals surface area (Å²) in [4.78, 5) is 32.8. The van der Waals surface area contributed by atoms with E-state index < -0.39 is 5.60 Å². The summed E-state index contributed by atoms with van der Waals surface area (Å²) in [6, 6.07) is 13.6. The number of nitrogens with zero attached hydrogens (tertiary/aromatic N) is 4. The Kier molecular flexibility index (Phi) is 8.07. The van der Waals surface area contributed by atoms with Crippen molar-refractivity contribution in [3.05, 3.63) is 48.0 Å². The SMILES string of the molecule is CCC1CC(=O)NN=C1c1ccc2nc(-c3cccc(OCCN4CCN(C(=O)OC(C)(C)C)CC4)c3)oc2c1. The van der Waals surface area contributed by atoms with Crippen molar-refractivity contribution in [2.45, 2.75) is 46.1 Å². The van der Waals surface area contributed by atoms with Gasteiger partial charge in [-0.05, 0) is 57.5 Å². The highest BCUT2D eigenvalue weighted by Gasteiger charge is 2.26. The average Bonchev–Trinajstić information content (AvgIpc) is 3.36. The Labute approximate surface area is 234 Å². The molecule has 2 aliphatic heterocycles. The highest BCUT2D eigenvalue weighted by atomic mass is 16.6. The van der Waals surface area contributed by atoms with Crippen LogP contribution in [0.3, 0.4) is 0 Å². The Morgan fingerprint density at radius 2 is 1.90 bits per heavy atom. The lowest BCUT2D eigenvalue weighted by molar-refractivity contribution is -0.122. The Morgan fingerprint density at radius 3 is 2.65 bits per heavy atom. The van der Waals surface area contributed by atoms with Crippen molar-refractivity contribution >= 4 is 28.8 Å². The number of hydrogen-bond donors (Lipinski definition) is 1. The molecule has 0 radical (unpaired) electrons. The molecule has 1 saturated heterocycles. The fourth-order valence-electron chi connectivity index (χ4n) is 4.92. The number of aromatic nitrogens is 1. The molecule has 2 aliphatic rings. The molecule has 1 unspecified atom stereocenters. The van der Waals surface area contributed by atoms with Crippen LogP contribution in [0.25, 0.3) is 22.6 Å². The molecule has 3 aromatic rings. The van der Waals surface area contributed by atoms with Gasteiger partial charge in [-0.1, -0.05) is 19.1 Å². The summed E-state index contributed by atoms with van der Waals surface area (Å²) in [6.45, 7) is 11.9. The van der Waals surface area contributed by atoms with Crippen LogP contribution in [-0.4, -0.2) is 77.4 Å². The number of benzene rings is 2. The zero-order valence-electron chi connectivity index (χ0n) is 23.6. The van der Waals surface area contributed by atoms with E-state index in [1.165, 1.54) is 0 Å². The first kappa shape index (κ1) is 27.6. The zero-order chi connectivity index (χ0) is 28.3. The molecule has 1 fully saturated rings. The maximum absolute atomic E-state index is 12.3. The number of hydrogen-bond acceptors (Lipinski definition) is 8. The minimum atomic E-state index is -0.486. The molecule has 1 aromatic heterocycles. The lowest BCUT2D eigenvalue weighted by atomic mass is 9.90. The van der Waals surface area contributed by atoms with Gasteiger partial charge in [-0.25, -0.2) is 15.2 Å². The van der Waals surface area contributed by atoms with Crippen LogP contribution in [0.1, 0.15) is 46.1 Å². The number of carbonyl (C=O) groups is 2. The number of amides is 2. The largest absolute Gasteiger partial charge is 0.492 e. The van der Waals surface area contributed by atoms with Gasteiger partial charge in [0.25, 0.3) is 0 Å². The van der Waals surface area contributed by atoms with E-state index in [-0.39, 0.29) is 17.9 Å². The molecule has 1 N–H and O–H groups in total. The van der Waals surface area contributed by atoms with Crippen LogP contribution in [0.4, 0.5) is 4.79 Å². The summed E-state index contributed by atoms with van der Waals surface area (Å²) in [7, 11) is 0. The predicted molar refractivity (Wildman–Crippen MR) is 152 cm³/mol. The number of nitrogens with one attached hydrogen (secondary N) is 1. The summed E-state index contributed by atoms with van der Waals surface area (Å²) >= 11 is 0. The molecule has 0 spiro atoms. The van der Waals surface area contributed by atoms with Gasteiger partial charge in [0.15, 0.2) is 5.58 Å². The minimum Gasteiger partial charge on any atom is -0.492 e. The second-order valence-corrected chi connectivity index (χ2v) is 11.2. The quantitative estimate of drug-likeness (QED) is 0.458. The fraction of sp³-hybridized carbons (Fsp3) is 0.467. The fourth-order valence-corrected chi connectivity index (χ4v) is 4.92. The van der Waals surface area contributed by atoms with E-state index in [4.69, 9.17) is 13.9 Å². The molecule has 10 heteroatoms. The van der Waals surface area contributed by atoms with Gasteiger partial charge < -0.3 is 18.8 Å². The summed E-state index contributed by atoms with van der Waals surface area (Å²) < 4.78 is 17.7. The maximum atomic E-state index is 12.3. The molecule has 212 valence electrons. The van der Waals surface area contributed by atoms with Crippen molar-refractivity contribution in [3.63, 3.8) is 0 Å². The zero-order valence-corrected chi connectivity index (χ0v) is 23.6. The van der Waals surface area contributed by atoms with E-state index >= 15 is 0 Å². The van der Waals surface area contributed by atoms with Gasteiger partial charge in [0, 0.05) is 56.2 Å². The van der Waals surface area contributed by atoms with Crippen LogP contribution in [0, 0.1) is 5.92 Å². The molecule has 1 atom stereocenters. The molecule has 10 nitrogen and oxygen atoms in total. The highest BCUT2D eigenvalue weighted by molar-refractivity contribution is 6.07. The number of hydrazone groups is 1. The summed E-state index contributed by atoms with van der Waals surface area (Å²) in [6.07, 6.45) is 1.02. The van der Waals surface area contributed by atoms with Crippen molar-refractivity contribution in [3.8, 4) is 17.2 Å². The van der Waals surface area contributed by atoms with Crippen LogP contribution < -0.4 is 10.2 Å². The molecule has 0 aliphatic carbocycles. The molecule has 3 heterocycles. The van der Waals surface area contributed by atoms with Crippen molar-refractivity contribution in [1.29, 1.82) is 0 Å². The van der Waals surface area contributed by atoms with E-state index in [1.807, 2.05) is 63.2 Å². The van der Waals surface area contributed by atoms with Gasteiger partial charge in [0.2, 0.25) is 11.8 Å². The van der Waals surface area contributed by atoms with Crippen molar-refractivity contribution in [2.75, 3.05) is 39.3 Å². The maximum Gasteiger partial charge on any atom is 0.410 e. The number of oxazole rings is 1. The number of fused-ring (bicyclic) bond motifs is 1. The average molecular weight is 548 g/mol. The van der Waals surface area contributed by atoms with Crippen molar-refractivity contribution in [1.82, 2.24) is 20.2 Å². The second kappa shape index (κ2) is 11.7. The predicted octanol–water partition coefficient (Wildman–Crippen LogP) is 4.68. The van der Waals surface area contributed by atoms with Gasteiger partial charge in [-0.15, -0.1) is 0 Å². The standard InChI is InChI=1S/C30H37N5O5/c1-5-20-19-26(36)32-33-27(20)21-9-10-24-25(18-21)39-28(31-24)22-7-6-8-23(17-22)38-16-15-34-11-13-35(14-12-34)29(37)40-30(2,3)4/h6-10,17-18,20H,5,11-16,19H2,1-4H3,(H,32,36). The van der Waals surface area contributed by atoms with Gasteiger partial charge in [-0.2, -0.15) is 5.10 Å². The Balaban J connectivity index is 1.18. The topological polar surface area (TPSA) is 110 Å². The third-order valence-corrected chi connectivity index (χ3v) is 7.08. The lowest BCUT2D eigenvalue weighted by Gasteiger charge is -2.35. The van der Waals surface area contributed by atoms with E-state index in [0.29, 0.717) is 37.6 Å². The summed E-state index contributed by atoms with van der Waals surface area (Å²) in [5.74, 6) is 1.28. The molecular formula is C30H37N5O5.